The topological polar surface area (TPSA) is 104 Å². The maximum absolute atomic E-state index is 5.89. The summed E-state index contributed by atoms with van der Waals surface area (Å²) in [6.07, 6.45) is 0. The van der Waals surface area contributed by atoms with Gasteiger partial charge in [-0.3, -0.25) is 0 Å². The van der Waals surface area contributed by atoms with E-state index in [0.717, 1.165) is 11.1 Å². The third-order valence-electron chi connectivity index (χ3n) is 2.44. The van der Waals surface area contributed by atoms with Crippen molar-refractivity contribution in [2.45, 2.75) is 0 Å². The maximum atomic E-state index is 5.89. The molecule has 0 spiro atoms. The largest absolute Gasteiger partial charge is 0.399 e. The quantitative estimate of drug-likeness (QED) is 0.605. The summed E-state index contributed by atoms with van der Waals surface area (Å²) in [5.74, 6) is 0. The molecule has 0 aromatic heterocycles. The van der Waals surface area contributed by atoms with Crippen LogP contribution in [0, 0.1) is 0 Å². The molecule has 98 valence electrons. The van der Waals surface area contributed by atoms with Gasteiger partial charge in [0.15, 0.2) is 0 Å². The molecule has 2 aromatic carbocycles. The molecule has 0 bridgehead atoms. The average Bonchev–Trinajstić information content (AvgIpc) is 2.19. The third-order valence-corrected chi connectivity index (χ3v) is 2.44. The SMILES string of the molecule is Cl.Cl.Nc1ccc(-c2ccc(N)cc2N)c(N)c1. The highest BCUT2D eigenvalue weighted by molar-refractivity contribution is 5.87. The Balaban J connectivity index is 0.00000144. The van der Waals surface area contributed by atoms with Crippen molar-refractivity contribution >= 4 is 47.6 Å². The summed E-state index contributed by atoms with van der Waals surface area (Å²) in [6.45, 7) is 0. The Hall–Kier alpha value is -1.78. The van der Waals surface area contributed by atoms with Gasteiger partial charge in [-0.2, -0.15) is 0 Å². The molecule has 6 heteroatoms. The maximum Gasteiger partial charge on any atom is 0.0415 e. The van der Waals surface area contributed by atoms with Gasteiger partial charge in [0, 0.05) is 33.9 Å². The van der Waals surface area contributed by atoms with Gasteiger partial charge in [-0.05, 0) is 24.3 Å². The van der Waals surface area contributed by atoms with Crippen LogP contribution in [0.1, 0.15) is 0 Å². The minimum atomic E-state index is 0. The van der Waals surface area contributed by atoms with Crippen molar-refractivity contribution in [2.75, 3.05) is 22.9 Å². The molecule has 0 saturated carbocycles. The highest BCUT2D eigenvalue weighted by Crippen LogP contribution is 2.32. The second-order valence-corrected chi connectivity index (χ2v) is 3.69. The fourth-order valence-corrected chi connectivity index (χ4v) is 1.65. The van der Waals surface area contributed by atoms with Crippen LogP contribution in [0.2, 0.25) is 0 Å². The van der Waals surface area contributed by atoms with Gasteiger partial charge in [0.05, 0.1) is 0 Å². The van der Waals surface area contributed by atoms with E-state index in [1.54, 1.807) is 24.3 Å². The zero-order valence-corrected chi connectivity index (χ0v) is 11.2. The lowest BCUT2D eigenvalue weighted by Gasteiger charge is -2.10. The second-order valence-electron chi connectivity index (χ2n) is 3.69. The van der Waals surface area contributed by atoms with E-state index in [1.807, 2.05) is 12.1 Å². The predicted molar refractivity (Wildman–Crippen MR) is 84.0 cm³/mol. The molecule has 0 unspecified atom stereocenters. The molecule has 2 aromatic rings. The average molecular weight is 287 g/mol. The Morgan fingerprint density at radius 3 is 1.17 bits per heavy atom. The molecule has 0 atom stereocenters. The van der Waals surface area contributed by atoms with Gasteiger partial charge < -0.3 is 22.9 Å². The van der Waals surface area contributed by atoms with E-state index in [-0.39, 0.29) is 24.8 Å². The minimum absolute atomic E-state index is 0. The first kappa shape index (κ1) is 16.2. The van der Waals surface area contributed by atoms with Crippen LogP contribution in [0.4, 0.5) is 22.7 Å². The van der Waals surface area contributed by atoms with Crippen LogP contribution in [-0.4, -0.2) is 0 Å². The molecule has 4 nitrogen and oxygen atoms in total. The lowest BCUT2D eigenvalue weighted by atomic mass is 10.0. The first-order valence-corrected chi connectivity index (χ1v) is 4.88. The van der Waals surface area contributed by atoms with Crippen molar-refractivity contribution in [1.29, 1.82) is 0 Å². The number of nitrogens with two attached hydrogens (primary N) is 4. The molecule has 0 aliphatic rings. The summed E-state index contributed by atoms with van der Waals surface area (Å²) in [5, 5.41) is 0. The van der Waals surface area contributed by atoms with E-state index >= 15 is 0 Å². The second kappa shape index (κ2) is 6.23. The lowest BCUT2D eigenvalue weighted by molar-refractivity contribution is 1.59. The molecule has 0 aliphatic carbocycles. The molecule has 8 N–H and O–H groups in total. The third kappa shape index (κ3) is 3.12. The molecule has 0 aliphatic heterocycles. The first-order chi connectivity index (χ1) is 7.58. The molecular weight excluding hydrogens is 271 g/mol. The zero-order valence-electron chi connectivity index (χ0n) is 9.59. The van der Waals surface area contributed by atoms with E-state index in [2.05, 4.69) is 0 Å². The van der Waals surface area contributed by atoms with Crippen LogP contribution in [-0.2, 0) is 0 Å². The van der Waals surface area contributed by atoms with Gasteiger partial charge in [-0.25, -0.2) is 0 Å². The van der Waals surface area contributed by atoms with Gasteiger partial charge in [0.1, 0.15) is 0 Å². The Labute approximate surface area is 118 Å². The monoisotopic (exact) mass is 286 g/mol. The van der Waals surface area contributed by atoms with Gasteiger partial charge >= 0.3 is 0 Å². The summed E-state index contributed by atoms with van der Waals surface area (Å²) in [7, 11) is 0. The lowest BCUT2D eigenvalue weighted by Crippen LogP contribution is -1.97. The number of hydrogen-bond donors (Lipinski definition) is 4. The van der Waals surface area contributed by atoms with Crippen LogP contribution >= 0.6 is 24.8 Å². The normalized spacial score (nSPS) is 9.11. The highest BCUT2D eigenvalue weighted by atomic mass is 35.5. The fraction of sp³-hybridized carbons (Fsp3) is 0. The summed E-state index contributed by atoms with van der Waals surface area (Å²) in [6, 6.07) is 10.7. The van der Waals surface area contributed by atoms with Crippen molar-refractivity contribution in [3.63, 3.8) is 0 Å². The Kier molecular flexibility index (Phi) is 5.62. The van der Waals surface area contributed by atoms with Crippen LogP contribution in [0.25, 0.3) is 11.1 Å². The predicted octanol–water partition coefficient (Wildman–Crippen LogP) is 2.53. The van der Waals surface area contributed by atoms with Gasteiger partial charge in [-0.15, -0.1) is 24.8 Å². The molecule has 0 saturated heterocycles. The summed E-state index contributed by atoms with van der Waals surface area (Å²) in [5.41, 5.74) is 27.3. The zero-order chi connectivity index (χ0) is 11.7. The van der Waals surface area contributed by atoms with E-state index in [0.29, 0.717) is 22.7 Å². The summed E-state index contributed by atoms with van der Waals surface area (Å²) < 4.78 is 0. The van der Waals surface area contributed by atoms with Crippen molar-refractivity contribution in [2.24, 2.45) is 0 Å². The number of rotatable bonds is 1. The van der Waals surface area contributed by atoms with E-state index in [1.165, 1.54) is 0 Å². The van der Waals surface area contributed by atoms with E-state index in [4.69, 9.17) is 22.9 Å². The smallest absolute Gasteiger partial charge is 0.0415 e. The number of hydrogen-bond acceptors (Lipinski definition) is 4. The molecule has 0 amide bonds. The molecule has 0 heterocycles. The number of halogens is 2. The van der Waals surface area contributed by atoms with E-state index in [9.17, 15) is 0 Å². The van der Waals surface area contributed by atoms with Crippen LogP contribution in [0.15, 0.2) is 36.4 Å². The number of nitrogen functional groups attached to an aromatic ring is 4. The van der Waals surface area contributed by atoms with Crippen molar-refractivity contribution in [3.05, 3.63) is 36.4 Å². The van der Waals surface area contributed by atoms with Gasteiger partial charge in [-0.1, -0.05) is 12.1 Å². The minimum Gasteiger partial charge on any atom is -0.399 e. The van der Waals surface area contributed by atoms with Crippen LogP contribution < -0.4 is 22.9 Å². The number of anilines is 4. The standard InChI is InChI=1S/C12H14N4.2ClH/c13-7-1-3-9(11(15)5-7)10-4-2-8(14)6-12(10)16;;/h1-6H,13-16H2;2*1H. The van der Waals surface area contributed by atoms with Gasteiger partial charge in [0.2, 0.25) is 0 Å². The summed E-state index contributed by atoms with van der Waals surface area (Å²) >= 11 is 0. The molecule has 18 heavy (non-hydrogen) atoms. The number of benzene rings is 2. The van der Waals surface area contributed by atoms with Crippen molar-refractivity contribution in [3.8, 4) is 11.1 Å². The Bertz CT molecular complexity index is 494. The Morgan fingerprint density at radius 1 is 0.556 bits per heavy atom. The molecule has 0 radical (unpaired) electrons. The molecule has 2 rings (SSSR count). The molecule has 0 fully saturated rings. The highest BCUT2D eigenvalue weighted by Gasteiger charge is 2.06. The van der Waals surface area contributed by atoms with Crippen LogP contribution in [0.5, 0.6) is 0 Å². The summed E-state index contributed by atoms with van der Waals surface area (Å²) in [4.78, 5) is 0. The van der Waals surface area contributed by atoms with Crippen molar-refractivity contribution in [1.82, 2.24) is 0 Å². The van der Waals surface area contributed by atoms with E-state index < -0.39 is 0 Å². The van der Waals surface area contributed by atoms with Crippen LogP contribution in [0.3, 0.4) is 0 Å². The molecular formula is C12H16Cl2N4. The first-order valence-electron chi connectivity index (χ1n) is 4.88. The van der Waals surface area contributed by atoms with Crippen molar-refractivity contribution < 1.29 is 0 Å². The van der Waals surface area contributed by atoms with Gasteiger partial charge in [0.25, 0.3) is 0 Å². The Morgan fingerprint density at radius 2 is 0.889 bits per heavy atom. The fourth-order valence-electron chi connectivity index (χ4n) is 1.65.